The Balaban J connectivity index is 1.50. The molecule has 3 heterocycles. The van der Waals surface area contributed by atoms with Gasteiger partial charge in [0.05, 0.1) is 25.3 Å². The number of nitrogens with one attached hydrogen (secondary N) is 3. The molecule has 1 saturated heterocycles. The minimum atomic E-state index is -0.0912. The second-order valence-corrected chi connectivity index (χ2v) is 6.07. The van der Waals surface area contributed by atoms with Crippen molar-refractivity contribution in [2.45, 2.75) is 12.5 Å². The third kappa shape index (κ3) is 3.67. The van der Waals surface area contributed by atoms with Gasteiger partial charge >= 0.3 is 0 Å². The van der Waals surface area contributed by atoms with Crippen molar-refractivity contribution in [3.63, 3.8) is 0 Å². The highest BCUT2D eigenvalue weighted by molar-refractivity contribution is 5.94. The van der Waals surface area contributed by atoms with Crippen molar-refractivity contribution in [3.8, 4) is 11.1 Å². The molecule has 0 saturated carbocycles. The zero-order valence-electron chi connectivity index (χ0n) is 13.7. The monoisotopic (exact) mass is 337 g/mol. The number of ether oxygens (including phenoxy) is 1. The Hall–Kier alpha value is -2.77. The summed E-state index contributed by atoms with van der Waals surface area (Å²) in [4.78, 5) is 16.5. The van der Waals surface area contributed by atoms with Crippen LogP contribution in [-0.4, -0.2) is 46.9 Å². The number of carbonyl (C=O) groups excluding carboxylic acids is 1. The number of amides is 1. The van der Waals surface area contributed by atoms with Crippen LogP contribution < -0.4 is 10.6 Å². The fourth-order valence-corrected chi connectivity index (χ4v) is 2.95. The number of benzene rings is 1. The molecule has 25 heavy (non-hydrogen) atoms. The van der Waals surface area contributed by atoms with Gasteiger partial charge in [0.25, 0.3) is 0 Å². The lowest BCUT2D eigenvalue weighted by atomic mass is 10.1. The molecule has 3 N–H and O–H groups in total. The zero-order chi connectivity index (χ0) is 17.1. The van der Waals surface area contributed by atoms with Crippen LogP contribution in [-0.2, 0) is 9.53 Å². The van der Waals surface area contributed by atoms with E-state index in [4.69, 9.17) is 4.74 Å². The number of aromatic nitrogens is 3. The molecule has 0 radical (unpaired) electrons. The van der Waals surface area contributed by atoms with Crippen molar-refractivity contribution >= 4 is 22.5 Å². The number of morpholine rings is 1. The van der Waals surface area contributed by atoms with Gasteiger partial charge in [0.15, 0.2) is 0 Å². The SMILES string of the molecule is O=C(CC1CNCCO1)Nc1cc2cc(-c3cn[nH]c3)ccc2cn1. The van der Waals surface area contributed by atoms with E-state index in [-0.39, 0.29) is 12.0 Å². The van der Waals surface area contributed by atoms with Crippen molar-refractivity contribution in [2.75, 3.05) is 25.0 Å². The Morgan fingerprint density at radius 1 is 1.24 bits per heavy atom. The molecular formula is C18H19N5O2. The quantitative estimate of drug-likeness (QED) is 0.677. The van der Waals surface area contributed by atoms with Crippen LogP contribution in [0.25, 0.3) is 21.9 Å². The van der Waals surface area contributed by atoms with Gasteiger partial charge in [-0.05, 0) is 23.1 Å². The second-order valence-electron chi connectivity index (χ2n) is 6.07. The van der Waals surface area contributed by atoms with Crippen LogP contribution in [0.4, 0.5) is 5.82 Å². The summed E-state index contributed by atoms with van der Waals surface area (Å²) in [6.07, 6.45) is 5.64. The highest BCUT2D eigenvalue weighted by Gasteiger charge is 2.17. The minimum absolute atomic E-state index is 0.0816. The summed E-state index contributed by atoms with van der Waals surface area (Å²) in [7, 11) is 0. The summed E-state index contributed by atoms with van der Waals surface area (Å²) >= 11 is 0. The molecule has 7 heteroatoms. The first-order valence-corrected chi connectivity index (χ1v) is 8.29. The summed E-state index contributed by atoms with van der Waals surface area (Å²) in [5.41, 5.74) is 2.08. The van der Waals surface area contributed by atoms with E-state index >= 15 is 0 Å². The molecule has 0 bridgehead atoms. The van der Waals surface area contributed by atoms with E-state index in [0.29, 0.717) is 25.4 Å². The van der Waals surface area contributed by atoms with Crippen molar-refractivity contribution in [2.24, 2.45) is 0 Å². The lowest BCUT2D eigenvalue weighted by molar-refractivity contribution is -0.119. The minimum Gasteiger partial charge on any atom is -0.375 e. The van der Waals surface area contributed by atoms with Gasteiger partial charge < -0.3 is 15.4 Å². The van der Waals surface area contributed by atoms with Gasteiger partial charge in [-0.2, -0.15) is 5.10 Å². The van der Waals surface area contributed by atoms with E-state index in [2.05, 4.69) is 31.9 Å². The molecule has 1 atom stereocenters. The number of fused-ring (bicyclic) bond motifs is 1. The highest BCUT2D eigenvalue weighted by Crippen LogP contribution is 2.24. The number of hydrogen-bond acceptors (Lipinski definition) is 5. The van der Waals surface area contributed by atoms with Crippen molar-refractivity contribution in [1.29, 1.82) is 0 Å². The predicted octanol–water partition coefficient (Wildman–Crippen LogP) is 1.94. The molecule has 1 aromatic carbocycles. The van der Waals surface area contributed by atoms with Gasteiger partial charge in [0, 0.05) is 36.4 Å². The van der Waals surface area contributed by atoms with E-state index in [0.717, 1.165) is 28.4 Å². The summed E-state index contributed by atoms with van der Waals surface area (Å²) in [5, 5.41) is 14.9. The Labute approximate surface area is 144 Å². The number of pyridine rings is 1. The lowest BCUT2D eigenvalue weighted by Gasteiger charge is -2.22. The fourth-order valence-electron chi connectivity index (χ4n) is 2.95. The van der Waals surface area contributed by atoms with Gasteiger partial charge in [-0.15, -0.1) is 0 Å². The maximum Gasteiger partial charge on any atom is 0.228 e. The molecule has 4 rings (SSSR count). The van der Waals surface area contributed by atoms with Gasteiger partial charge in [0.2, 0.25) is 5.91 Å². The first kappa shape index (κ1) is 15.7. The van der Waals surface area contributed by atoms with E-state index in [9.17, 15) is 4.79 Å². The Morgan fingerprint density at radius 2 is 2.20 bits per heavy atom. The van der Waals surface area contributed by atoms with Crippen LogP contribution in [0, 0.1) is 0 Å². The third-order valence-electron chi connectivity index (χ3n) is 4.24. The Bertz CT molecular complexity index is 872. The molecule has 128 valence electrons. The van der Waals surface area contributed by atoms with Gasteiger partial charge in [-0.1, -0.05) is 12.1 Å². The average Bonchev–Trinajstić information content (AvgIpc) is 3.16. The van der Waals surface area contributed by atoms with Gasteiger partial charge in [-0.25, -0.2) is 4.98 Å². The van der Waals surface area contributed by atoms with Crippen molar-refractivity contribution in [1.82, 2.24) is 20.5 Å². The standard InChI is InChI=1S/C18H19N5O2/c24-18(7-16-11-19-3-4-25-16)23-17-6-14-5-12(15-9-21-22-10-15)1-2-13(14)8-20-17/h1-2,5-6,8-10,16,19H,3-4,7,11H2,(H,21,22)(H,20,23,24). The first-order chi connectivity index (χ1) is 12.3. The van der Waals surface area contributed by atoms with Crippen LogP contribution in [0.2, 0.25) is 0 Å². The second kappa shape index (κ2) is 7.00. The van der Waals surface area contributed by atoms with Crippen LogP contribution in [0.3, 0.4) is 0 Å². The largest absolute Gasteiger partial charge is 0.375 e. The summed E-state index contributed by atoms with van der Waals surface area (Å²) < 4.78 is 5.56. The molecule has 1 unspecified atom stereocenters. The van der Waals surface area contributed by atoms with Crippen LogP contribution in [0.15, 0.2) is 42.9 Å². The maximum atomic E-state index is 12.2. The van der Waals surface area contributed by atoms with Gasteiger partial charge in [0.1, 0.15) is 5.82 Å². The summed E-state index contributed by atoms with van der Waals surface area (Å²) in [6, 6.07) is 7.99. The predicted molar refractivity (Wildman–Crippen MR) is 95.2 cm³/mol. The summed E-state index contributed by atoms with van der Waals surface area (Å²) in [5.74, 6) is 0.456. The Morgan fingerprint density at radius 3 is 3.00 bits per heavy atom. The summed E-state index contributed by atoms with van der Waals surface area (Å²) in [6.45, 7) is 2.18. The van der Waals surface area contributed by atoms with Crippen LogP contribution >= 0.6 is 0 Å². The zero-order valence-corrected chi connectivity index (χ0v) is 13.7. The van der Waals surface area contributed by atoms with Crippen LogP contribution in [0.1, 0.15) is 6.42 Å². The molecule has 1 fully saturated rings. The Kier molecular flexibility index (Phi) is 4.41. The maximum absolute atomic E-state index is 12.2. The van der Waals surface area contributed by atoms with E-state index in [1.807, 2.05) is 24.4 Å². The van der Waals surface area contributed by atoms with E-state index in [1.54, 1.807) is 12.4 Å². The number of H-pyrrole nitrogens is 1. The molecule has 1 amide bonds. The number of nitrogens with zero attached hydrogens (tertiary/aromatic N) is 2. The smallest absolute Gasteiger partial charge is 0.228 e. The highest BCUT2D eigenvalue weighted by atomic mass is 16.5. The number of carbonyl (C=O) groups is 1. The van der Waals surface area contributed by atoms with E-state index < -0.39 is 0 Å². The number of anilines is 1. The molecule has 7 nitrogen and oxygen atoms in total. The van der Waals surface area contributed by atoms with Crippen LogP contribution in [0.5, 0.6) is 0 Å². The van der Waals surface area contributed by atoms with Crippen molar-refractivity contribution < 1.29 is 9.53 Å². The molecular weight excluding hydrogens is 318 g/mol. The molecule has 0 aliphatic carbocycles. The van der Waals surface area contributed by atoms with Crippen molar-refractivity contribution in [3.05, 3.63) is 42.9 Å². The molecule has 1 aliphatic heterocycles. The molecule has 2 aromatic heterocycles. The number of hydrogen-bond donors (Lipinski definition) is 3. The third-order valence-corrected chi connectivity index (χ3v) is 4.24. The molecule has 0 spiro atoms. The number of rotatable bonds is 4. The lowest BCUT2D eigenvalue weighted by Crippen LogP contribution is -2.40. The molecule has 1 aliphatic rings. The first-order valence-electron chi connectivity index (χ1n) is 8.29. The topological polar surface area (TPSA) is 91.9 Å². The van der Waals surface area contributed by atoms with E-state index in [1.165, 1.54) is 0 Å². The van der Waals surface area contributed by atoms with Gasteiger partial charge in [-0.3, -0.25) is 9.89 Å². The normalized spacial score (nSPS) is 17.5. The average molecular weight is 337 g/mol. The molecule has 3 aromatic rings. The fraction of sp³-hybridized carbons (Fsp3) is 0.278. The number of aromatic amines is 1.